The monoisotopic (exact) mass is 634 g/mol. The normalized spacial score (nSPS) is 18.5. The Morgan fingerprint density at radius 2 is 1.83 bits per heavy atom. The molecule has 4 aromatic rings. The fourth-order valence-electron chi connectivity index (χ4n) is 6.05. The predicted molar refractivity (Wildman–Crippen MR) is 178 cm³/mol. The molecule has 242 valence electrons. The number of allylic oxidation sites excluding steroid dienone is 1. The summed E-state index contributed by atoms with van der Waals surface area (Å²) in [6.45, 7) is 2.64. The van der Waals surface area contributed by atoms with Gasteiger partial charge in [-0.3, -0.25) is 14.3 Å². The minimum absolute atomic E-state index is 0.0158. The van der Waals surface area contributed by atoms with Crippen LogP contribution in [-0.4, -0.2) is 56.4 Å². The average molecular weight is 635 g/mol. The smallest absolute Gasteiger partial charge is 0.264 e. The molecule has 2 N–H and O–H groups in total. The van der Waals surface area contributed by atoms with E-state index in [4.69, 9.17) is 9.84 Å². The van der Waals surface area contributed by atoms with Crippen LogP contribution in [-0.2, 0) is 34.7 Å². The third kappa shape index (κ3) is 6.45. The second-order valence-electron chi connectivity index (χ2n) is 11.8. The van der Waals surface area contributed by atoms with Crippen LogP contribution in [0.4, 0.5) is 11.4 Å². The molecule has 2 aliphatic rings. The minimum Gasteiger partial charge on any atom is -0.497 e. The number of carbonyl (C=O) groups excluding carboxylic acids is 2. The van der Waals surface area contributed by atoms with E-state index >= 15 is 0 Å². The van der Waals surface area contributed by atoms with Gasteiger partial charge in [-0.25, -0.2) is 5.01 Å². The molecule has 2 atom stereocenters. The Morgan fingerprint density at radius 3 is 2.57 bits per heavy atom. The Bertz CT molecular complexity index is 1800. The summed E-state index contributed by atoms with van der Waals surface area (Å²) in [4.78, 5) is 28.5. The van der Waals surface area contributed by atoms with Crippen molar-refractivity contribution in [3.05, 3.63) is 114 Å². The highest BCUT2D eigenvalue weighted by atomic mass is 16.5. The highest BCUT2D eigenvalue weighted by Gasteiger charge is 2.52. The number of fused-ring (bicyclic) bond motifs is 1. The number of rotatable bonds is 12. The maximum absolute atomic E-state index is 14.1. The first kappa shape index (κ1) is 31.8. The Hall–Kier alpha value is -5.13. The van der Waals surface area contributed by atoms with Gasteiger partial charge < -0.3 is 19.8 Å². The zero-order chi connectivity index (χ0) is 33.0. The molecule has 0 bridgehead atoms. The molecule has 0 spiro atoms. The lowest BCUT2D eigenvalue weighted by Crippen LogP contribution is -2.44. The van der Waals surface area contributed by atoms with Crippen LogP contribution < -0.4 is 14.6 Å². The van der Waals surface area contributed by atoms with Gasteiger partial charge in [0.15, 0.2) is 5.60 Å². The standard InChI is InChI=1S/C36H38N6O5/c1-25(8-6-7-20-40-24-28(19-21-43)37-39-40)36(46)31-22-30(47-2)15-17-33(31)41(35(36)45)23-26-11-13-29(14-12-26)42-34(44)18-16-32(38-42)27-9-4-3-5-10-27/h3-6,8-15,17,22,24-25,43,46H,7,16,18-21,23H2,1-2H3/b8-6+/t25-,36+/m0/s1. The van der Waals surface area contributed by atoms with Crippen molar-refractivity contribution in [2.75, 3.05) is 23.6 Å². The van der Waals surface area contributed by atoms with E-state index in [1.807, 2.05) is 73.7 Å². The number of aromatic nitrogens is 3. The molecule has 0 saturated carbocycles. The first-order valence-corrected chi connectivity index (χ1v) is 15.8. The molecule has 1 aromatic heterocycles. The molecule has 6 rings (SSSR count). The number of aryl methyl sites for hydroxylation is 1. The Labute approximate surface area is 273 Å². The Balaban J connectivity index is 1.19. The first-order chi connectivity index (χ1) is 22.8. The van der Waals surface area contributed by atoms with Gasteiger partial charge in [0.05, 0.1) is 36.4 Å². The fraction of sp³-hybridized carbons (Fsp3) is 0.306. The highest BCUT2D eigenvalue weighted by molar-refractivity contribution is 6.09. The summed E-state index contributed by atoms with van der Waals surface area (Å²) in [5.41, 5.74) is 3.36. The molecule has 3 heterocycles. The van der Waals surface area contributed by atoms with Crippen molar-refractivity contribution < 1.29 is 24.5 Å². The number of aliphatic hydroxyl groups excluding tert-OH is 1. The third-order valence-corrected chi connectivity index (χ3v) is 8.70. The summed E-state index contributed by atoms with van der Waals surface area (Å²) in [7, 11) is 1.55. The zero-order valence-corrected chi connectivity index (χ0v) is 26.5. The summed E-state index contributed by atoms with van der Waals surface area (Å²) < 4.78 is 7.16. The Morgan fingerprint density at radius 1 is 1.04 bits per heavy atom. The lowest BCUT2D eigenvalue weighted by Gasteiger charge is -2.28. The van der Waals surface area contributed by atoms with Crippen molar-refractivity contribution in [2.45, 2.75) is 51.3 Å². The van der Waals surface area contributed by atoms with Crippen LogP contribution in [0.2, 0.25) is 0 Å². The molecule has 0 aliphatic carbocycles. The lowest BCUT2D eigenvalue weighted by molar-refractivity contribution is -0.139. The van der Waals surface area contributed by atoms with E-state index in [0.29, 0.717) is 54.9 Å². The minimum atomic E-state index is -1.80. The molecule has 2 amide bonds. The van der Waals surface area contributed by atoms with Crippen molar-refractivity contribution in [3.63, 3.8) is 0 Å². The van der Waals surface area contributed by atoms with E-state index in [1.54, 1.807) is 41.1 Å². The van der Waals surface area contributed by atoms with E-state index in [2.05, 4.69) is 15.4 Å². The van der Waals surface area contributed by atoms with E-state index in [0.717, 1.165) is 22.5 Å². The molecule has 3 aromatic carbocycles. The first-order valence-electron chi connectivity index (χ1n) is 15.8. The van der Waals surface area contributed by atoms with Crippen LogP contribution in [0.3, 0.4) is 0 Å². The van der Waals surface area contributed by atoms with Gasteiger partial charge in [-0.1, -0.05) is 66.8 Å². The van der Waals surface area contributed by atoms with Crippen LogP contribution >= 0.6 is 0 Å². The van der Waals surface area contributed by atoms with Crippen LogP contribution in [0.1, 0.15) is 48.6 Å². The number of benzene rings is 3. The number of carbonyl (C=O) groups is 2. The molecule has 0 radical (unpaired) electrons. The molecule has 11 heteroatoms. The number of hydrazone groups is 1. The molecular formula is C36H38N6O5. The van der Waals surface area contributed by atoms with Gasteiger partial charge in [-0.05, 0) is 47.9 Å². The van der Waals surface area contributed by atoms with Crippen LogP contribution in [0, 0.1) is 5.92 Å². The Kier molecular flexibility index (Phi) is 9.28. The molecule has 0 saturated heterocycles. The number of aliphatic hydroxyl groups is 2. The number of anilines is 2. The number of hydrogen-bond acceptors (Lipinski definition) is 8. The summed E-state index contributed by atoms with van der Waals surface area (Å²) in [6.07, 6.45) is 7.61. The largest absolute Gasteiger partial charge is 0.497 e. The summed E-state index contributed by atoms with van der Waals surface area (Å²) >= 11 is 0. The second-order valence-corrected chi connectivity index (χ2v) is 11.8. The number of amides is 2. The fourth-order valence-corrected chi connectivity index (χ4v) is 6.05. The SMILES string of the molecule is COc1ccc2c(c1)[C@](O)([C@@H](C)/C=C/CCn1cc(CCO)nn1)C(=O)N2Cc1ccc(N2N=C(c3ccccc3)CCC2=O)cc1. The van der Waals surface area contributed by atoms with Crippen molar-refractivity contribution in [3.8, 4) is 5.75 Å². The average Bonchev–Trinajstić information content (AvgIpc) is 3.64. The van der Waals surface area contributed by atoms with Gasteiger partial charge in [0.2, 0.25) is 5.91 Å². The van der Waals surface area contributed by atoms with Crippen molar-refractivity contribution in [2.24, 2.45) is 11.0 Å². The van der Waals surface area contributed by atoms with Crippen molar-refractivity contribution in [1.82, 2.24) is 15.0 Å². The third-order valence-electron chi connectivity index (χ3n) is 8.70. The zero-order valence-electron chi connectivity index (χ0n) is 26.5. The van der Waals surface area contributed by atoms with E-state index < -0.39 is 17.4 Å². The lowest BCUT2D eigenvalue weighted by atomic mass is 9.83. The number of nitrogens with zero attached hydrogens (tertiary/aromatic N) is 6. The van der Waals surface area contributed by atoms with Gasteiger partial charge in [-0.2, -0.15) is 5.10 Å². The quantitative estimate of drug-likeness (QED) is 0.221. The predicted octanol–water partition coefficient (Wildman–Crippen LogP) is 4.37. The van der Waals surface area contributed by atoms with Gasteiger partial charge in [0.25, 0.3) is 5.91 Å². The molecule has 11 nitrogen and oxygen atoms in total. The van der Waals surface area contributed by atoms with E-state index in [9.17, 15) is 14.7 Å². The summed E-state index contributed by atoms with van der Waals surface area (Å²) in [6, 6.07) is 22.6. The van der Waals surface area contributed by atoms with Gasteiger partial charge >= 0.3 is 0 Å². The molecule has 2 aliphatic heterocycles. The van der Waals surface area contributed by atoms with Crippen molar-refractivity contribution in [1.29, 1.82) is 0 Å². The van der Waals surface area contributed by atoms with E-state index in [1.165, 1.54) is 5.01 Å². The van der Waals surface area contributed by atoms with Gasteiger partial charge in [0, 0.05) is 50.1 Å². The summed E-state index contributed by atoms with van der Waals surface area (Å²) in [5.74, 6) is -0.496. The van der Waals surface area contributed by atoms with Crippen LogP contribution in [0.5, 0.6) is 5.75 Å². The number of ether oxygens (including phenoxy) is 1. The summed E-state index contributed by atoms with van der Waals surface area (Å²) in [5, 5.41) is 35.4. The highest BCUT2D eigenvalue weighted by Crippen LogP contribution is 2.47. The topological polar surface area (TPSA) is 133 Å². The van der Waals surface area contributed by atoms with E-state index in [-0.39, 0.29) is 19.1 Å². The number of methoxy groups -OCH3 is 1. The molecule has 0 unspecified atom stereocenters. The molecular weight excluding hydrogens is 596 g/mol. The van der Waals surface area contributed by atoms with Crippen molar-refractivity contribution >= 4 is 28.9 Å². The maximum Gasteiger partial charge on any atom is 0.264 e. The van der Waals surface area contributed by atoms with Gasteiger partial charge in [0.1, 0.15) is 5.75 Å². The second kappa shape index (κ2) is 13.7. The molecule has 0 fully saturated rings. The van der Waals surface area contributed by atoms with Crippen LogP contribution in [0.15, 0.2) is 96.2 Å². The van der Waals surface area contributed by atoms with Crippen LogP contribution in [0.25, 0.3) is 0 Å². The maximum atomic E-state index is 14.1. The number of hydrogen-bond donors (Lipinski definition) is 2. The molecule has 47 heavy (non-hydrogen) atoms. The van der Waals surface area contributed by atoms with Gasteiger partial charge in [-0.15, -0.1) is 5.10 Å².